The number of carbonyl (C=O) groups is 5. The molecule has 10 heteroatoms. The summed E-state index contributed by atoms with van der Waals surface area (Å²) in [6.45, 7) is -0.947. The van der Waals surface area contributed by atoms with Crippen LogP contribution in [0.1, 0.15) is 29.0 Å². The maximum Gasteiger partial charge on any atom is 0.326 e. The molecule has 0 unspecified atom stereocenters. The first kappa shape index (κ1) is 21.8. The van der Waals surface area contributed by atoms with Crippen molar-refractivity contribution in [2.45, 2.75) is 19.4 Å². The molecule has 1 aromatic carbocycles. The van der Waals surface area contributed by atoms with Gasteiger partial charge < -0.3 is 19.4 Å². The molecule has 1 saturated heterocycles. The van der Waals surface area contributed by atoms with Gasteiger partial charge >= 0.3 is 5.97 Å². The SMILES string of the molecule is CN(C(=O)COC(=O)CN1C(=O)CCC1=O)c1ccccc1C(=O)NCc1ccco1. The number of likely N-dealkylation sites (tertiary alicyclic amines) is 1. The Morgan fingerprint density at radius 3 is 2.48 bits per heavy atom. The van der Waals surface area contributed by atoms with Crippen LogP contribution < -0.4 is 10.2 Å². The first-order chi connectivity index (χ1) is 14.9. The van der Waals surface area contributed by atoms with Gasteiger partial charge in [0.25, 0.3) is 11.8 Å². The number of nitrogens with zero attached hydrogens (tertiary/aromatic N) is 2. The van der Waals surface area contributed by atoms with E-state index in [2.05, 4.69) is 5.32 Å². The van der Waals surface area contributed by atoms with Crippen molar-refractivity contribution in [1.82, 2.24) is 10.2 Å². The molecule has 4 amide bonds. The van der Waals surface area contributed by atoms with Crippen molar-refractivity contribution in [3.05, 3.63) is 54.0 Å². The number of imide groups is 1. The molecule has 0 saturated carbocycles. The summed E-state index contributed by atoms with van der Waals surface area (Å²) in [5, 5.41) is 2.71. The van der Waals surface area contributed by atoms with Gasteiger partial charge in [-0.1, -0.05) is 12.1 Å². The van der Waals surface area contributed by atoms with Crippen molar-refractivity contribution >= 4 is 35.3 Å². The molecule has 0 spiro atoms. The molecule has 1 aromatic heterocycles. The predicted octanol–water partition coefficient (Wildman–Crippen LogP) is 0.865. The lowest BCUT2D eigenvalue weighted by atomic mass is 10.1. The molecule has 0 bridgehead atoms. The van der Waals surface area contributed by atoms with Gasteiger partial charge in [-0.05, 0) is 24.3 Å². The second-order valence-corrected chi connectivity index (χ2v) is 6.77. The monoisotopic (exact) mass is 427 g/mol. The van der Waals surface area contributed by atoms with Crippen LogP contribution in [0.4, 0.5) is 5.69 Å². The number of esters is 1. The largest absolute Gasteiger partial charge is 0.467 e. The Morgan fingerprint density at radius 2 is 1.81 bits per heavy atom. The number of furan rings is 1. The molecule has 2 aromatic rings. The van der Waals surface area contributed by atoms with Gasteiger partial charge in [0.1, 0.15) is 12.3 Å². The number of hydrogen-bond donors (Lipinski definition) is 1. The number of para-hydroxylation sites is 1. The Balaban J connectivity index is 1.57. The predicted molar refractivity (Wildman–Crippen MR) is 107 cm³/mol. The maximum absolute atomic E-state index is 12.6. The Morgan fingerprint density at radius 1 is 1.10 bits per heavy atom. The molecule has 1 N–H and O–H groups in total. The lowest BCUT2D eigenvalue weighted by Gasteiger charge is -2.20. The quantitative estimate of drug-likeness (QED) is 0.489. The molecule has 10 nitrogen and oxygen atoms in total. The minimum Gasteiger partial charge on any atom is -0.467 e. The summed E-state index contributed by atoms with van der Waals surface area (Å²) in [6, 6.07) is 9.90. The molecule has 0 atom stereocenters. The molecule has 1 aliphatic heterocycles. The highest BCUT2D eigenvalue weighted by Gasteiger charge is 2.31. The second-order valence-electron chi connectivity index (χ2n) is 6.77. The van der Waals surface area contributed by atoms with Gasteiger partial charge in [-0.25, -0.2) is 0 Å². The Kier molecular flexibility index (Phi) is 6.81. The van der Waals surface area contributed by atoms with Crippen molar-refractivity contribution in [3.63, 3.8) is 0 Å². The number of likely N-dealkylation sites (N-methyl/N-ethyl adjacent to an activating group) is 1. The highest BCUT2D eigenvalue weighted by Crippen LogP contribution is 2.20. The zero-order chi connectivity index (χ0) is 22.4. The van der Waals surface area contributed by atoms with E-state index in [0.29, 0.717) is 11.4 Å². The first-order valence-electron chi connectivity index (χ1n) is 9.52. The van der Waals surface area contributed by atoms with E-state index in [1.807, 2.05) is 0 Å². The minimum atomic E-state index is -0.866. The molecule has 31 heavy (non-hydrogen) atoms. The van der Waals surface area contributed by atoms with Gasteiger partial charge in [0.2, 0.25) is 11.8 Å². The lowest BCUT2D eigenvalue weighted by Crippen LogP contribution is -2.37. The van der Waals surface area contributed by atoms with E-state index in [4.69, 9.17) is 9.15 Å². The van der Waals surface area contributed by atoms with E-state index in [1.165, 1.54) is 18.2 Å². The van der Waals surface area contributed by atoms with Crippen LogP contribution in [0.5, 0.6) is 0 Å². The summed E-state index contributed by atoms with van der Waals surface area (Å²) < 4.78 is 10.1. The highest BCUT2D eigenvalue weighted by molar-refractivity contribution is 6.06. The number of ether oxygens (including phenoxy) is 1. The van der Waals surface area contributed by atoms with Crippen molar-refractivity contribution in [3.8, 4) is 0 Å². The van der Waals surface area contributed by atoms with E-state index in [0.717, 1.165) is 4.90 Å². The van der Waals surface area contributed by atoms with Crippen LogP contribution >= 0.6 is 0 Å². The third kappa shape index (κ3) is 5.35. The fraction of sp³-hybridized carbons (Fsp3) is 0.286. The minimum absolute atomic E-state index is 0.0621. The molecule has 2 heterocycles. The van der Waals surface area contributed by atoms with Gasteiger partial charge in [0.15, 0.2) is 6.61 Å². The smallest absolute Gasteiger partial charge is 0.326 e. The summed E-state index contributed by atoms with van der Waals surface area (Å²) in [5.74, 6) is -2.17. The Labute approximate surface area is 177 Å². The van der Waals surface area contributed by atoms with E-state index in [9.17, 15) is 24.0 Å². The zero-order valence-electron chi connectivity index (χ0n) is 16.8. The number of rotatable bonds is 8. The number of amides is 4. The molecule has 3 rings (SSSR count). The molecule has 1 fully saturated rings. The van der Waals surface area contributed by atoms with Crippen LogP contribution in [-0.4, -0.2) is 54.7 Å². The van der Waals surface area contributed by atoms with Crippen LogP contribution in [0.25, 0.3) is 0 Å². The van der Waals surface area contributed by atoms with Crippen LogP contribution in [0.15, 0.2) is 47.1 Å². The fourth-order valence-electron chi connectivity index (χ4n) is 2.98. The number of nitrogens with one attached hydrogen (secondary N) is 1. The molecular weight excluding hydrogens is 406 g/mol. The number of carbonyl (C=O) groups excluding carboxylic acids is 5. The normalized spacial score (nSPS) is 13.3. The van der Waals surface area contributed by atoms with Crippen LogP contribution in [-0.2, 0) is 30.5 Å². The van der Waals surface area contributed by atoms with Crippen LogP contribution in [0.3, 0.4) is 0 Å². The van der Waals surface area contributed by atoms with Crippen molar-refractivity contribution < 1.29 is 33.1 Å². The number of benzene rings is 1. The molecule has 0 radical (unpaired) electrons. The van der Waals surface area contributed by atoms with E-state index < -0.39 is 42.7 Å². The summed E-state index contributed by atoms with van der Waals surface area (Å²) in [7, 11) is 1.45. The number of anilines is 1. The summed E-state index contributed by atoms with van der Waals surface area (Å²) in [4.78, 5) is 62.1. The molecule has 162 valence electrons. The molecule has 0 aliphatic carbocycles. The summed E-state index contributed by atoms with van der Waals surface area (Å²) in [5.41, 5.74) is 0.579. The topological polar surface area (TPSA) is 126 Å². The average molecular weight is 427 g/mol. The van der Waals surface area contributed by atoms with Crippen molar-refractivity contribution in [1.29, 1.82) is 0 Å². The highest BCUT2D eigenvalue weighted by atomic mass is 16.5. The van der Waals surface area contributed by atoms with Crippen LogP contribution in [0, 0.1) is 0 Å². The second kappa shape index (κ2) is 9.70. The Hall–Kier alpha value is -3.95. The molecule has 1 aliphatic rings. The van der Waals surface area contributed by atoms with Crippen LogP contribution in [0.2, 0.25) is 0 Å². The van der Waals surface area contributed by atoms with Gasteiger partial charge in [0.05, 0.1) is 24.1 Å². The van der Waals surface area contributed by atoms with Gasteiger partial charge in [0, 0.05) is 19.9 Å². The number of hydrogen-bond acceptors (Lipinski definition) is 7. The first-order valence-corrected chi connectivity index (χ1v) is 9.52. The fourth-order valence-corrected chi connectivity index (χ4v) is 2.98. The summed E-state index contributed by atoms with van der Waals surface area (Å²) >= 11 is 0. The molecular formula is C21H21N3O7. The van der Waals surface area contributed by atoms with Gasteiger partial charge in [-0.2, -0.15) is 0 Å². The average Bonchev–Trinajstić information content (AvgIpc) is 3.40. The van der Waals surface area contributed by atoms with Gasteiger partial charge in [-0.3, -0.25) is 28.9 Å². The van der Waals surface area contributed by atoms with Crippen molar-refractivity contribution in [2.75, 3.05) is 25.1 Å². The van der Waals surface area contributed by atoms with E-state index in [-0.39, 0.29) is 24.9 Å². The Bertz CT molecular complexity index is 984. The van der Waals surface area contributed by atoms with Gasteiger partial charge in [-0.15, -0.1) is 0 Å². The lowest BCUT2D eigenvalue weighted by molar-refractivity contribution is -0.154. The standard InChI is InChI=1S/C21H21N3O7/c1-23(19(27)13-31-20(28)12-24-17(25)8-9-18(24)26)16-7-3-2-6-15(16)21(29)22-11-14-5-4-10-30-14/h2-7,10H,8-9,11-13H2,1H3,(H,22,29). The third-order valence-corrected chi connectivity index (χ3v) is 4.69. The van der Waals surface area contributed by atoms with E-state index in [1.54, 1.807) is 36.4 Å². The van der Waals surface area contributed by atoms with Crippen molar-refractivity contribution in [2.24, 2.45) is 0 Å². The van der Waals surface area contributed by atoms with E-state index >= 15 is 0 Å². The third-order valence-electron chi connectivity index (χ3n) is 4.69. The summed E-state index contributed by atoms with van der Waals surface area (Å²) in [6.07, 6.45) is 1.62. The zero-order valence-corrected chi connectivity index (χ0v) is 16.8. The maximum atomic E-state index is 12.6.